The van der Waals surface area contributed by atoms with E-state index in [1.54, 1.807) is 16.4 Å². The van der Waals surface area contributed by atoms with Crippen molar-refractivity contribution >= 4 is 10.0 Å². The van der Waals surface area contributed by atoms with E-state index in [-0.39, 0.29) is 0 Å². The molecule has 1 heterocycles. The van der Waals surface area contributed by atoms with Gasteiger partial charge in [-0.1, -0.05) is 38.0 Å². The summed E-state index contributed by atoms with van der Waals surface area (Å²) < 4.78 is 27.3. The van der Waals surface area contributed by atoms with E-state index < -0.39 is 10.0 Å². The number of hydrogen-bond acceptors (Lipinski definition) is 3. The maximum Gasteiger partial charge on any atom is 0.243 e. The molecule has 0 saturated carbocycles. The molecule has 1 aromatic carbocycles. The second-order valence-corrected chi connectivity index (χ2v) is 7.11. The molecule has 1 aliphatic heterocycles. The third-order valence-electron chi connectivity index (χ3n) is 3.72. The number of rotatable bonds is 5. The quantitative estimate of drug-likeness (QED) is 0.907. The van der Waals surface area contributed by atoms with Gasteiger partial charge in [-0.2, -0.15) is 4.31 Å². The summed E-state index contributed by atoms with van der Waals surface area (Å²) in [6.07, 6.45) is 4.19. The first-order valence-electron chi connectivity index (χ1n) is 7.45. The molecule has 0 aromatic heterocycles. The molecule has 4 nitrogen and oxygen atoms in total. The smallest absolute Gasteiger partial charge is 0.243 e. The fourth-order valence-electron chi connectivity index (χ4n) is 2.58. The molecule has 0 radical (unpaired) electrons. The molecule has 1 aromatic rings. The minimum absolute atomic E-state index is 0.461. The lowest BCUT2D eigenvalue weighted by Crippen LogP contribution is -2.33. The first-order chi connectivity index (χ1) is 9.66. The van der Waals surface area contributed by atoms with Crippen LogP contribution in [0.3, 0.4) is 0 Å². The van der Waals surface area contributed by atoms with Crippen LogP contribution in [0, 0.1) is 0 Å². The molecule has 0 bridgehead atoms. The summed E-state index contributed by atoms with van der Waals surface area (Å²) in [5.41, 5.74) is 0.860. The van der Waals surface area contributed by atoms with Crippen molar-refractivity contribution in [3.63, 3.8) is 0 Å². The molecule has 112 valence electrons. The van der Waals surface area contributed by atoms with Gasteiger partial charge in [0.2, 0.25) is 10.0 Å². The lowest BCUT2D eigenvalue weighted by molar-refractivity contribution is 0.423. The zero-order valence-corrected chi connectivity index (χ0v) is 13.0. The number of hydrogen-bond donors (Lipinski definition) is 1. The lowest BCUT2D eigenvalue weighted by Gasteiger charge is -2.21. The molecule has 0 unspecified atom stereocenters. The normalized spacial score (nSPS) is 17.9. The summed E-state index contributed by atoms with van der Waals surface area (Å²) >= 11 is 0. The van der Waals surface area contributed by atoms with Crippen LogP contribution in [0.4, 0.5) is 0 Å². The predicted octanol–water partition coefficient (Wildman–Crippen LogP) is 2.36. The zero-order chi connectivity index (χ0) is 14.4. The second-order valence-electron chi connectivity index (χ2n) is 5.21. The monoisotopic (exact) mass is 296 g/mol. The molecule has 20 heavy (non-hydrogen) atoms. The predicted molar refractivity (Wildman–Crippen MR) is 81.0 cm³/mol. The highest BCUT2D eigenvalue weighted by atomic mass is 32.2. The summed E-state index contributed by atoms with van der Waals surface area (Å²) in [4.78, 5) is 0.461. The maximum atomic E-state index is 12.8. The van der Waals surface area contributed by atoms with E-state index >= 15 is 0 Å². The molecule has 1 aliphatic rings. The fraction of sp³-hybridized carbons (Fsp3) is 0.600. The molecule has 5 heteroatoms. The van der Waals surface area contributed by atoms with Crippen molar-refractivity contribution in [2.45, 2.75) is 44.0 Å². The Kier molecular flexibility index (Phi) is 5.57. The summed E-state index contributed by atoms with van der Waals surface area (Å²) in [6, 6.07) is 7.33. The van der Waals surface area contributed by atoms with Crippen LogP contribution in [0.25, 0.3) is 0 Å². The summed E-state index contributed by atoms with van der Waals surface area (Å²) in [5.74, 6) is 0. The third-order valence-corrected chi connectivity index (χ3v) is 5.72. The van der Waals surface area contributed by atoms with E-state index in [1.807, 2.05) is 19.1 Å². The van der Waals surface area contributed by atoms with Crippen LogP contribution in [0.15, 0.2) is 29.2 Å². The van der Waals surface area contributed by atoms with Crippen LogP contribution < -0.4 is 5.32 Å². The maximum absolute atomic E-state index is 12.8. The lowest BCUT2D eigenvalue weighted by atomic mass is 10.2. The first-order valence-corrected chi connectivity index (χ1v) is 8.89. The SMILES string of the molecule is CCNCc1ccccc1S(=O)(=O)N1CCCCCC1. The molecule has 1 saturated heterocycles. The minimum atomic E-state index is -3.35. The molecule has 1 fully saturated rings. The Morgan fingerprint density at radius 1 is 1.10 bits per heavy atom. The summed E-state index contributed by atoms with van der Waals surface area (Å²) in [5, 5.41) is 3.21. The topological polar surface area (TPSA) is 49.4 Å². The van der Waals surface area contributed by atoms with Gasteiger partial charge in [0.1, 0.15) is 0 Å². The highest BCUT2D eigenvalue weighted by molar-refractivity contribution is 7.89. The Balaban J connectivity index is 2.28. The van der Waals surface area contributed by atoms with Crippen LogP contribution in [0.5, 0.6) is 0 Å². The van der Waals surface area contributed by atoms with Gasteiger partial charge >= 0.3 is 0 Å². The van der Waals surface area contributed by atoms with E-state index in [1.165, 1.54) is 0 Å². The third kappa shape index (κ3) is 3.59. The van der Waals surface area contributed by atoms with Crippen molar-refractivity contribution in [3.05, 3.63) is 29.8 Å². The van der Waals surface area contributed by atoms with Crippen LogP contribution >= 0.6 is 0 Å². The Morgan fingerprint density at radius 2 is 1.75 bits per heavy atom. The highest BCUT2D eigenvalue weighted by Crippen LogP contribution is 2.23. The average Bonchev–Trinajstić information content (AvgIpc) is 2.75. The van der Waals surface area contributed by atoms with Crippen molar-refractivity contribution in [1.82, 2.24) is 9.62 Å². The van der Waals surface area contributed by atoms with Gasteiger partial charge < -0.3 is 5.32 Å². The van der Waals surface area contributed by atoms with Crippen molar-refractivity contribution in [3.8, 4) is 0 Å². The van der Waals surface area contributed by atoms with Crippen LogP contribution in [0.1, 0.15) is 38.2 Å². The molecule has 0 aliphatic carbocycles. The van der Waals surface area contributed by atoms with Gasteiger partial charge in [0, 0.05) is 19.6 Å². The molecule has 0 spiro atoms. The molecule has 0 amide bonds. The first kappa shape index (κ1) is 15.5. The van der Waals surface area contributed by atoms with Crippen LogP contribution in [-0.2, 0) is 16.6 Å². The molecule has 1 N–H and O–H groups in total. The van der Waals surface area contributed by atoms with Crippen LogP contribution in [-0.4, -0.2) is 32.4 Å². The van der Waals surface area contributed by atoms with Gasteiger partial charge in [-0.25, -0.2) is 8.42 Å². The Labute approximate surface area is 122 Å². The van der Waals surface area contributed by atoms with E-state index in [0.29, 0.717) is 24.5 Å². The molecular formula is C15H24N2O2S. The summed E-state index contributed by atoms with van der Waals surface area (Å²) in [6.45, 7) is 4.75. The Hall–Kier alpha value is -0.910. The number of benzene rings is 1. The number of sulfonamides is 1. The van der Waals surface area contributed by atoms with Crippen LogP contribution in [0.2, 0.25) is 0 Å². The second kappa shape index (κ2) is 7.20. The molecule has 0 atom stereocenters. The Morgan fingerprint density at radius 3 is 2.40 bits per heavy atom. The van der Waals surface area contributed by atoms with Gasteiger partial charge in [0.05, 0.1) is 4.90 Å². The van der Waals surface area contributed by atoms with E-state index in [4.69, 9.17) is 0 Å². The molecule has 2 rings (SSSR count). The largest absolute Gasteiger partial charge is 0.313 e. The molecular weight excluding hydrogens is 272 g/mol. The van der Waals surface area contributed by atoms with Crippen molar-refractivity contribution in [2.75, 3.05) is 19.6 Å². The fourth-order valence-corrected chi connectivity index (χ4v) is 4.32. The van der Waals surface area contributed by atoms with Gasteiger partial charge in [0.15, 0.2) is 0 Å². The Bertz CT molecular complexity index is 520. The van der Waals surface area contributed by atoms with Gasteiger partial charge in [-0.05, 0) is 31.0 Å². The standard InChI is InChI=1S/C15H24N2O2S/c1-2-16-13-14-9-5-6-10-15(14)20(18,19)17-11-7-3-4-8-12-17/h5-6,9-10,16H,2-4,7-8,11-13H2,1H3. The summed E-state index contributed by atoms with van der Waals surface area (Å²) in [7, 11) is -3.35. The van der Waals surface area contributed by atoms with Gasteiger partial charge in [0.25, 0.3) is 0 Å². The van der Waals surface area contributed by atoms with E-state index in [2.05, 4.69) is 5.32 Å². The van der Waals surface area contributed by atoms with Crippen molar-refractivity contribution in [2.24, 2.45) is 0 Å². The van der Waals surface area contributed by atoms with E-state index in [0.717, 1.165) is 37.8 Å². The van der Waals surface area contributed by atoms with Gasteiger partial charge in [-0.3, -0.25) is 0 Å². The van der Waals surface area contributed by atoms with Crippen molar-refractivity contribution in [1.29, 1.82) is 0 Å². The van der Waals surface area contributed by atoms with Gasteiger partial charge in [-0.15, -0.1) is 0 Å². The van der Waals surface area contributed by atoms with Crippen molar-refractivity contribution < 1.29 is 8.42 Å². The highest BCUT2D eigenvalue weighted by Gasteiger charge is 2.26. The zero-order valence-electron chi connectivity index (χ0n) is 12.1. The van der Waals surface area contributed by atoms with E-state index in [9.17, 15) is 8.42 Å². The number of nitrogens with zero attached hydrogens (tertiary/aromatic N) is 1. The number of nitrogens with one attached hydrogen (secondary N) is 1. The average molecular weight is 296 g/mol. The minimum Gasteiger partial charge on any atom is -0.313 e.